The van der Waals surface area contributed by atoms with Crippen molar-refractivity contribution in [3.63, 3.8) is 0 Å². The fraction of sp³-hybridized carbons (Fsp3) is 0.263. The van der Waals surface area contributed by atoms with Crippen LogP contribution in [0.15, 0.2) is 52.6 Å². The summed E-state index contributed by atoms with van der Waals surface area (Å²) in [4.78, 5) is 6.62. The largest absolute Gasteiger partial charge is 0.341 e. The van der Waals surface area contributed by atoms with Crippen LogP contribution in [-0.2, 0) is 0 Å². The number of anilines is 1. The molecule has 4 rings (SSSR count). The first-order valence-electron chi connectivity index (χ1n) is 8.57. The minimum atomic E-state index is 0.399. The summed E-state index contributed by atoms with van der Waals surface area (Å²) in [6.07, 6.45) is 2.35. The number of benzene rings is 1. The monoisotopic (exact) mass is 362 g/mol. The zero-order valence-corrected chi connectivity index (χ0v) is 15.3. The molecular formula is C19H18N6S. The summed E-state index contributed by atoms with van der Waals surface area (Å²) in [5.74, 6) is 0.866. The second kappa shape index (κ2) is 7.18. The molecule has 0 aliphatic carbocycles. The van der Waals surface area contributed by atoms with E-state index in [1.165, 1.54) is 30.2 Å². The molecule has 0 amide bonds. The number of hydrogen-bond acceptors (Lipinski definition) is 6. The van der Waals surface area contributed by atoms with E-state index in [0.29, 0.717) is 5.69 Å². The summed E-state index contributed by atoms with van der Waals surface area (Å²) >= 11 is 1.42. The van der Waals surface area contributed by atoms with Crippen LogP contribution in [-0.4, -0.2) is 32.8 Å². The number of nitriles is 1. The highest BCUT2D eigenvalue weighted by molar-refractivity contribution is 7.99. The molecule has 0 radical (unpaired) electrons. The van der Waals surface area contributed by atoms with E-state index < -0.39 is 0 Å². The van der Waals surface area contributed by atoms with Crippen LogP contribution in [0.2, 0.25) is 0 Å². The molecule has 3 heterocycles. The molecule has 0 bridgehead atoms. The summed E-state index contributed by atoms with van der Waals surface area (Å²) < 4.78 is 2.08. The van der Waals surface area contributed by atoms with Crippen molar-refractivity contribution < 1.29 is 0 Å². The summed E-state index contributed by atoms with van der Waals surface area (Å²) in [6.45, 7) is 4.07. The van der Waals surface area contributed by atoms with Gasteiger partial charge in [0, 0.05) is 13.1 Å². The molecule has 3 aromatic rings. The lowest BCUT2D eigenvalue weighted by Crippen LogP contribution is -2.22. The Morgan fingerprint density at radius 3 is 2.54 bits per heavy atom. The number of rotatable bonds is 4. The highest BCUT2D eigenvalue weighted by Crippen LogP contribution is 2.32. The number of hydrogen-bond donors (Lipinski definition) is 0. The fourth-order valence-corrected chi connectivity index (χ4v) is 3.84. The average Bonchev–Trinajstić information content (AvgIpc) is 3.32. The van der Waals surface area contributed by atoms with Crippen LogP contribution in [0.25, 0.3) is 5.69 Å². The third-order valence-electron chi connectivity index (χ3n) is 4.33. The van der Waals surface area contributed by atoms with Gasteiger partial charge in [0.05, 0.1) is 5.69 Å². The van der Waals surface area contributed by atoms with E-state index in [0.717, 1.165) is 34.9 Å². The van der Waals surface area contributed by atoms with E-state index in [1.807, 2.05) is 12.1 Å². The summed E-state index contributed by atoms with van der Waals surface area (Å²) in [5.41, 5.74) is 2.64. The van der Waals surface area contributed by atoms with Crippen molar-refractivity contribution >= 4 is 17.7 Å². The van der Waals surface area contributed by atoms with Gasteiger partial charge in [-0.2, -0.15) is 5.26 Å². The van der Waals surface area contributed by atoms with Gasteiger partial charge in [-0.1, -0.05) is 23.8 Å². The molecule has 1 saturated heterocycles. The molecule has 1 aliphatic heterocycles. The standard InChI is InChI=1S/C19H18N6S/c1-14-7-9-16(10-8-14)25-18(24-11-2-3-12-24)22-23-19(25)26-17-6-4-5-15(13-20)21-17/h4-10H,2-3,11-12H2,1H3. The van der Waals surface area contributed by atoms with E-state index in [9.17, 15) is 0 Å². The van der Waals surface area contributed by atoms with E-state index in [1.54, 1.807) is 6.07 Å². The van der Waals surface area contributed by atoms with Crippen LogP contribution in [0.5, 0.6) is 0 Å². The van der Waals surface area contributed by atoms with Crippen LogP contribution >= 0.6 is 11.8 Å². The van der Waals surface area contributed by atoms with Gasteiger partial charge in [-0.25, -0.2) is 4.98 Å². The van der Waals surface area contributed by atoms with Crippen molar-refractivity contribution in [3.05, 3.63) is 53.7 Å². The van der Waals surface area contributed by atoms with Gasteiger partial charge in [0.15, 0.2) is 0 Å². The van der Waals surface area contributed by atoms with Crippen LogP contribution in [0.4, 0.5) is 5.95 Å². The second-order valence-corrected chi connectivity index (χ2v) is 7.21. The Labute approximate surface area is 156 Å². The summed E-state index contributed by atoms with van der Waals surface area (Å²) in [5, 5.41) is 19.4. The predicted octanol–water partition coefficient (Wildman–Crippen LogP) is 3.59. The Morgan fingerprint density at radius 1 is 1.04 bits per heavy atom. The zero-order chi connectivity index (χ0) is 17.9. The Balaban J connectivity index is 1.76. The highest BCUT2D eigenvalue weighted by atomic mass is 32.2. The van der Waals surface area contributed by atoms with E-state index in [-0.39, 0.29) is 0 Å². The maximum absolute atomic E-state index is 9.07. The zero-order valence-electron chi connectivity index (χ0n) is 14.5. The molecule has 6 nitrogen and oxygen atoms in total. The molecule has 1 aliphatic rings. The van der Waals surface area contributed by atoms with Crippen LogP contribution in [0.3, 0.4) is 0 Å². The van der Waals surface area contributed by atoms with Gasteiger partial charge in [0.2, 0.25) is 11.1 Å². The third-order valence-corrected chi connectivity index (χ3v) is 5.21. The highest BCUT2D eigenvalue weighted by Gasteiger charge is 2.23. The topological polar surface area (TPSA) is 70.6 Å². The molecule has 130 valence electrons. The number of aromatic nitrogens is 4. The molecule has 26 heavy (non-hydrogen) atoms. The lowest BCUT2D eigenvalue weighted by molar-refractivity contribution is 0.840. The van der Waals surface area contributed by atoms with Crippen molar-refractivity contribution in [1.29, 1.82) is 5.26 Å². The third kappa shape index (κ3) is 3.28. The SMILES string of the molecule is Cc1ccc(-n2c(Sc3cccc(C#N)n3)nnc2N2CCCC2)cc1. The van der Waals surface area contributed by atoms with Gasteiger partial charge in [-0.05, 0) is 55.8 Å². The Morgan fingerprint density at radius 2 is 1.81 bits per heavy atom. The molecule has 0 spiro atoms. The number of aryl methyl sites for hydroxylation is 1. The molecule has 7 heteroatoms. The second-order valence-electron chi connectivity index (χ2n) is 6.22. The quantitative estimate of drug-likeness (QED) is 0.706. The lowest BCUT2D eigenvalue weighted by Gasteiger charge is -2.18. The first-order chi connectivity index (χ1) is 12.7. The molecule has 0 unspecified atom stereocenters. The maximum Gasteiger partial charge on any atom is 0.232 e. The molecule has 0 saturated carbocycles. The van der Waals surface area contributed by atoms with E-state index >= 15 is 0 Å². The van der Waals surface area contributed by atoms with Gasteiger partial charge in [0.1, 0.15) is 16.8 Å². The smallest absolute Gasteiger partial charge is 0.232 e. The fourth-order valence-electron chi connectivity index (χ4n) is 3.00. The Kier molecular flexibility index (Phi) is 4.59. The summed E-state index contributed by atoms with van der Waals surface area (Å²) in [7, 11) is 0. The van der Waals surface area contributed by atoms with Crippen LogP contribution < -0.4 is 4.90 Å². The predicted molar refractivity (Wildman–Crippen MR) is 101 cm³/mol. The van der Waals surface area contributed by atoms with Crippen LogP contribution in [0, 0.1) is 18.3 Å². The summed E-state index contributed by atoms with van der Waals surface area (Å²) in [6, 6.07) is 15.8. The van der Waals surface area contributed by atoms with Gasteiger partial charge in [-0.15, -0.1) is 10.2 Å². The van der Waals surface area contributed by atoms with Crippen molar-refractivity contribution in [1.82, 2.24) is 19.7 Å². The molecule has 1 fully saturated rings. The molecule has 0 N–H and O–H groups in total. The van der Waals surface area contributed by atoms with Gasteiger partial charge in [-0.3, -0.25) is 4.57 Å². The van der Waals surface area contributed by atoms with Gasteiger partial charge >= 0.3 is 0 Å². The van der Waals surface area contributed by atoms with Gasteiger partial charge in [0.25, 0.3) is 0 Å². The van der Waals surface area contributed by atoms with Crippen molar-refractivity contribution in [2.75, 3.05) is 18.0 Å². The number of nitrogens with zero attached hydrogens (tertiary/aromatic N) is 6. The lowest BCUT2D eigenvalue weighted by atomic mass is 10.2. The first-order valence-corrected chi connectivity index (χ1v) is 9.39. The van der Waals surface area contributed by atoms with E-state index in [4.69, 9.17) is 5.26 Å². The Bertz CT molecular complexity index is 951. The Hall–Kier alpha value is -2.85. The van der Waals surface area contributed by atoms with E-state index in [2.05, 4.69) is 61.9 Å². The molecule has 2 aromatic heterocycles. The minimum absolute atomic E-state index is 0.399. The average molecular weight is 362 g/mol. The van der Waals surface area contributed by atoms with Crippen molar-refractivity contribution in [3.8, 4) is 11.8 Å². The number of pyridine rings is 1. The minimum Gasteiger partial charge on any atom is -0.341 e. The first kappa shape index (κ1) is 16.6. The maximum atomic E-state index is 9.07. The normalized spacial score (nSPS) is 13.8. The van der Waals surface area contributed by atoms with Crippen molar-refractivity contribution in [2.45, 2.75) is 29.9 Å². The molecular weight excluding hydrogens is 344 g/mol. The van der Waals surface area contributed by atoms with Gasteiger partial charge < -0.3 is 4.90 Å². The molecule has 0 atom stereocenters. The molecule has 1 aromatic carbocycles. The van der Waals surface area contributed by atoms with Crippen LogP contribution in [0.1, 0.15) is 24.1 Å². The van der Waals surface area contributed by atoms with Crippen molar-refractivity contribution in [2.24, 2.45) is 0 Å².